The first-order valence-electron chi connectivity index (χ1n) is 8.03. The maximum absolute atomic E-state index is 10.5. The van der Waals surface area contributed by atoms with E-state index in [1.165, 1.54) is 11.1 Å². The molecule has 2 aliphatic carbocycles. The van der Waals surface area contributed by atoms with Crippen LogP contribution in [0.4, 0.5) is 0 Å². The largest absolute Gasteiger partial charge is 0.504 e. The van der Waals surface area contributed by atoms with E-state index in [2.05, 4.69) is 18.0 Å². The Labute approximate surface area is 124 Å². The fourth-order valence-electron chi connectivity index (χ4n) is 5.71. The number of hydrogen-bond acceptors (Lipinski definition) is 4. The Balaban J connectivity index is 1.81. The van der Waals surface area contributed by atoms with Gasteiger partial charge in [0.2, 0.25) is 0 Å². The second-order valence-electron chi connectivity index (χ2n) is 7.28. The van der Waals surface area contributed by atoms with Crippen molar-refractivity contribution < 1.29 is 14.9 Å². The van der Waals surface area contributed by atoms with Crippen LogP contribution in [0.2, 0.25) is 0 Å². The van der Waals surface area contributed by atoms with Crippen LogP contribution in [0, 0.1) is 5.92 Å². The lowest BCUT2D eigenvalue weighted by atomic mass is 9.51. The minimum Gasteiger partial charge on any atom is -0.504 e. The first-order chi connectivity index (χ1) is 10.1. The van der Waals surface area contributed by atoms with E-state index in [9.17, 15) is 10.2 Å². The Bertz CT molecular complexity index is 631. The smallest absolute Gasteiger partial charge is 0.165 e. The normalized spacial score (nSPS) is 43.3. The van der Waals surface area contributed by atoms with E-state index in [0.29, 0.717) is 17.7 Å². The summed E-state index contributed by atoms with van der Waals surface area (Å²) < 4.78 is 6.14. The molecular formula is C17H21NO3. The van der Waals surface area contributed by atoms with E-state index >= 15 is 0 Å². The number of nitrogens with zero attached hydrogens (tertiary/aromatic N) is 1. The summed E-state index contributed by atoms with van der Waals surface area (Å²) in [5.41, 5.74) is 2.46. The number of phenols is 1. The van der Waals surface area contributed by atoms with Crippen molar-refractivity contribution in [2.45, 2.75) is 49.3 Å². The fourth-order valence-corrected chi connectivity index (χ4v) is 5.71. The van der Waals surface area contributed by atoms with Gasteiger partial charge in [-0.3, -0.25) is 0 Å². The molecule has 2 N–H and O–H groups in total. The Morgan fingerprint density at radius 1 is 1.33 bits per heavy atom. The summed E-state index contributed by atoms with van der Waals surface area (Å²) in [5, 5.41) is 20.8. The molecule has 2 heterocycles. The molecule has 4 nitrogen and oxygen atoms in total. The molecule has 1 spiro atoms. The van der Waals surface area contributed by atoms with Crippen LogP contribution in [0.3, 0.4) is 0 Å². The van der Waals surface area contributed by atoms with E-state index in [4.69, 9.17) is 4.74 Å². The molecule has 0 aromatic heterocycles. The molecule has 2 aliphatic heterocycles. The lowest BCUT2D eigenvalue weighted by Gasteiger charge is -2.58. The van der Waals surface area contributed by atoms with E-state index in [-0.39, 0.29) is 17.3 Å². The van der Waals surface area contributed by atoms with Crippen molar-refractivity contribution in [1.82, 2.24) is 4.90 Å². The summed E-state index contributed by atoms with van der Waals surface area (Å²) in [6.45, 7) is 1.04. The minimum absolute atomic E-state index is 0.0729. The SMILES string of the molecule is CN1CC[C@]23c4c5ccc(O)c4O[C@H]2[C@H](O)CC[C@H]3C1C5. The summed E-state index contributed by atoms with van der Waals surface area (Å²) in [6, 6.07) is 4.36. The summed E-state index contributed by atoms with van der Waals surface area (Å²) in [5.74, 6) is 1.44. The summed E-state index contributed by atoms with van der Waals surface area (Å²) in [7, 11) is 2.22. The number of rotatable bonds is 0. The second-order valence-corrected chi connectivity index (χ2v) is 7.28. The van der Waals surface area contributed by atoms with Crippen LogP contribution in [-0.2, 0) is 11.8 Å². The van der Waals surface area contributed by atoms with Gasteiger partial charge in [0.05, 0.1) is 6.10 Å². The zero-order valence-electron chi connectivity index (χ0n) is 12.2. The van der Waals surface area contributed by atoms with Gasteiger partial charge >= 0.3 is 0 Å². The Hall–Kier alpha value is -1.26. The molecule has 0 amide bonds. The number of aliphatic hydroxyl groups excluding tert-OH is 1. The highest BCUT2D eigenvalue weighted by molar-refractivity contribution is 5.60. The van der Waals surface area contributed by atoms with E-state index in [1.807, 2.05) is 0 Å². The van der Waals surface area contributed by atoms with Crippen LogP contribution >= 0.6 is 0 Å². The molecule has 0 radical (unpaired) electrons. The number of hydrogen-bond donors (Lipinski definition) is 2. The Kier molecular flexibility index (Phi) is 2.19. The Morgan fingerprint density at radius 2 is 2.19 bits per heavy atom. The molecule has 2 fully saturated rings. The first kappa shape index (κ1) is 12.3. The van der Waals surface area contributed by atoms with Crippen molar-refractivity contribution >= 4 is 0 Å². The van der Waals surface area contributed by atoms with Crippen LogP contribution < -0.4 is 4.74 Å². The van der Waals surface area contributed by atoms with Crippen LogP contribution in [0.25, 0.3) is 0 Å². The Morgan fingerprint density at radius 3 is 3.05 bits per heavy atom. The number of aromatic hydroxyl groups is 1. The molecule has 1 aromatic rings. The minimum atomic E-state index is -0.414. The average Bonchev–Trinajstić information content (AvgIpc) is 2.83. The number of likely N-dealkylation sites (N-methyl/N-ethyl adjacent to an activating group) is 1. The lowest BCUT2D eigenvalue weighted by Crippen LogP contribution is -2.66. The number of likely N-dealkylation sites (tertiary alicyclic amines) is 1. The molecule has 5 rings (SSSR count). The molecule has 1 aromatic carbocycles. The number of benzene rings is 1. The van der Waals surface area contributed by atoms with E-state index in [0.717, 1.165) is 32.2 Å². The molecule has 1 saturated heterocycles. The van der Waals surface area contributed by atoms with Gasteiger partial charge in [0.1, 0.15) is 6.10 Å². The third kappa shape index (κ3) is 1.25. The zero-order valence-corrected chi connectivity index (χ0v) is 12.2. The van der Waals surface area contributed by atoms with Crippen molar-refractivity contribution in [2.75, 3.05) is 13.6 Å². The summed E-state index contributed by atoms with van der Waals surface area (Å²) >= 11 is 0. The second kappa shape index (κ2) is 3.73. The van der Waals surface area contributed by atoms with Gasteiger partial charge in [0.25, 0.3) is 0 Å². The molecule has 2 bridgehead atoms. The van der Waals surface area contributed by atoms with Crippen LogP contribution in [0.5, 0.6) is 11.5 Å². The highest BCUT2D eigenvalue weighted by Crippen LogP contribution is 2.63. The van der Waals surface area contributed by atoms with Gasteiger partial charge in [-0.25, -0.2) is 0 Å². The van der Waals surface area contributed by atoms with Crippen LogP contribution in [-0.4, -0.2) is 47.0 Å². The molecular weight excluding hydrogens is 266 g/mol. The number of aliphatic hydroxyl groups is 1. The first-order valence-corrected chi connectivity index (χ1v) is 8.03. The van der Waals surface area contributed by atoms with Gasteiger partial charge in [-0.1, -0.05) is 6.07 Å². The summed E-state index contributed by atoms with van der Waals surface area (Å²) in [4.78, 5) is 2.48. The average molecular weight is 287 g/mol. The van der Waals surface area contributed by atoms with Gasteiger partial charge in [0.15, 0.2) is 11.5 Å². The third-order valence-electron chi connectivity index (χ3n) is 6.56. The standard InChI is InChI=1S/C17H21NO3/c1-18-7-6-17-10-3-5-13(20)16(17)21-15-12(19)4-2-9(14(15)17)8-11(10)18/h2,4,10-11,13,16,19-20H,3,5-8H2,1H3/t10-,11?,13+,16-,17-/m0/s1. The number of piperidine rings is 1. The predicted octanol–water partition coefficient (Wildman–Crippen LogP) is 1.42. The molecule has 4 heteroatoms. The maximum atomic E-state index is 10.5. The predicted molar refractivity (Wildman–Crippen MR) is 77.7 cm³/mol. The monoisotopic (exact) mass is 287 g/mol. The van der Waals surface area contributed by atoms with Crippen LogP contribution in [0.1, 0.15) is 30.4 Å². The van der Waals surface area contributed by atoms with Crippen LogP contribution in [0.15, 0.2) is 12.1 Å². The molecule has 1 unspecified atom stereocenters. The van der Waals surface area contributed by atoms with Crippen molar-refractivity contribution in [3.05, 3.63) is 23.3 Å². The highest BCUT2D eigenvalue weighted by Gasteiger charge is 2.65. The zero-order chi connectivity index (χ0) is 14.4. The van der Waals surface area contributed by atoms with E-state index in [1.54, 1.807) is 6.07 Å². The molecule has 5 atom stereocenters. The topological polar surface area (TPSA) is 52.9 Å². The van der Waals surface area contributed by atoms with Gasteiger partial charge in [-0.2, -0.15) is 0 Å². The van der Waals surface area contributed by atoms with Crippen molar-refractivity contribution in [1.29, 1.82) is 0 Å². The van der Waals surface area contributed by atoms with Crippen molar-refractivity contribution in [2.24, 2.45) is 5.92 Å². The van der Waals surface area contributed by atoms with Gasteiger partial charge < -0.3 is 19.8 Å². The molecule has 21 heavy (non-hydrogen) atoms. The van der Waals surface area contributed by atoms with Gasteiger partial charge in [-0.05, 0) is 56.8 Å². The van der Waals surface area contributed by atoms with Gasteiger partial charge in [0, 0.05) is 17.0 Å². The highest BCUT2D eigenvalue weighted by atomic mass is 16.5. The quantitative estimate of drug-likeness (QED) is 0.758. The molecule has 112 valence electrons. The van der Waals surface area contributed by atoms with Crippen molar-refractivity contribution in [3.63, 3.8) is 0 Å². The van der Waals surface area contributed by atoms with Gasteiger partial charge in [-0.15, -0.1) is 0 Å². The number of ether oxygens (including phenoxy) is 1. The van der Waals surface area contributed by atoms with E-state index < -0.39 is 6.10 Å². The summed E-state index contributed by atoms with van der Waals surface area (Å²) in [6.07, 6.45) is 3.35. The molecule has 1 saturated carbocycles. The fraction of sp³-hybridized carbons (Fsp3) is 0.647. The molecule has 4 aliphatic rings. The number of phenolic OH excluding ortho intramolecular Hbond substituents is 1. The maximum Gasteiger partial charge on any atom is 0.165 e. The third-order valence-corrected chi connectivity index (χ3v) is 6.56. The lowest BCUT2D eigenvalue weighted by molar-refractivity contribution is -0.0993. The van der Waals surface area contributed by atoms with Crippen molar-refractivity contribution in [3.8, 4) is 11.5 Å².